The van der Waals surface area contributed by atoms with Crippen molar-refractivity contribution in [2.45, 2.75) is 6.92 Å². The summed E-state index contributed by atoms with van der Waals surface area (Å²) >= 11 is 0. The summed E-state index contributed by atoms with van der Waals surface area (Å²) in [6.07, 6.45) is 6.23. The van der Waals surface area contributed by atoms with Gasteiger partial charge in [-0.15, -0.1) is 0 Å². The van der Waals surface area contributed by atoms with Gasteiger partial charge in [-0.25, -0.2) is 4.79 Å². The molecule has 0 aromatic rings. The zero-order valence-electron chi connectivity index (χ0n) is 5.87. The second kappa shape index (κ2) is 5.88. The third-order valence-electron chi connectivity index (χ3n) is 0.811. The summed E-state index contributed by atoms with van der Waals surface area (Å²) in [7, 11) is 0. The lowest BCUT2D eigenvalue weighted by Crippen LogP contribution is -2.20. The highest BCUT2D eigenvalue weighted by Gasteiger charge is 1.85. The van der Waals surface area contributed by atoms with Gasteiger partial charge in [0.25, 0.3) is 0 Å². The maximum Gasteiger partial charge on any atom is 0.404 e. The van der Waals surface area contributed by atoms with Crippen LogP contribution >= 0.6 is 0 Å². The summed E-state index contributed by atoms with van der Waals surface area (Å²) in [4.78, 5) is 9.87. The van der Waals surface area contributed by atoms with Crippen LogP contribution in [0.4, 0.5) is 4.79 Å². The van der Waals surface area contributed by atoms with E-state index in [0.717, 1.165) is 0 Å². The van der Waals surface area contributed by atoms with Crippen LogP contribution < -0.4 is 5.32 Å². The van der Waals surface area contributed by atoms with Crippen molar-refractivity contribution in [3.8, 4) is 0 Å². The molecule has 0 bridgehead atoms. The monoisotopic (exact) mass is 141 g/mol. The highest BCUT2D eigenvalue weighted by molar-refractivity contribution is 5.64. The Morgan fingerprint density at radius 2 is 2.30 bits per heavy atom. The first-order valence-electron chi connectivity index (χ1n) is 3.02. The normalized spacial score (nSPS) is 10.9. The molecule has 2 N–H and O–H groups in total. The molecular formula is C7H11NO2. The third-order valence-corrected chi connectivity index (χ3v) is 0.811. The van der Waals surface area contributed by atoms with Gasteiger partial charge in [-0.2, -0.15) is 0 Å². The van der Waals surface area contributed by atoms with Crippen LogP contribution in [-0.2, 0) is 0 Å². The van der Waals surface area contributed by atoms with E-state index >= 15 is 0 Å². The summed E-state index contributed by atoms with van der Waals surface area (Å²) in [5.74, 6) is 0. The largest absolute Gasteiger partial charge is 0.465 e. The summed E-state index contributed by atoms with van der Waals surface area (Å²) < 4.78 is 0. The fourth-order valence-electron chi connectivity index (χ4n) is 0.404. The SMILES string of the molecule is CC=CC=CCNC(=O)O. The number of nitrogens with one attached hydrogen (secondary N) is 1. The van der Waals surface area contributed by atoms with Crippen LogP contribution in [0.5, 0.6) is 0 Å². The number of allylic oxidation sites excluding steroid dienone is 3. The van der Waals surface area contributed by atoms with Crippen molar-refractivity contribution in [2.24, 2.45) is 0 Å². The molecule has 0 radical (unpaired) electrons. The van der Waals surface area contributed by atoms with E-state index in [1.165, 1.54) is 0 Å². The number of carboxylic acid groups (broad SMARTS) is 1. The van der Waals surface area contributed by atoms with Gasteiger partial charge in [-0.1, -0.05) is 24.3 Å². The Labute approximate surface area is 60.1 Å². The van der Waals surface area contributed by atoms with Crippen molar-refractivity contribution in [2.75, 3.05) is 6.54 Å². The van der Waals surface area contributed by atoms with Gasteiger partial charge in [0.15, 0.2) is 0 Å². The van der Waals surface area contributed by atoms with Crippen LogP contribution in [0.1, 0.15) is 6.92 Å². The molecule has 0 aliphatic heterocycles. The van der Waals surface area contributed by atoms with E-state index < -0.39 is 6.09 Å². The smallest absolute Gasteiger partial charge is 0.404 e. The molecule has 0 aromatic heterocycles. The van der Waals surface area contributed by atoms with E-state index in [1.807, 2.05) is 19.1 Å². The van der Waals surface area contributed by atoms with E-state index in [4.69, 9.17) is 5.11 Å². The summed E-state index contributed by atoms with van der Waals surface area (Å²) in [6.45, 7) is 2.26. The summed E-state index contributed by atoms with van der Waals surface area (Å²) in [5, 5.41) is 10.3. The summed E-state index contributed by atoms with van der Waals surface area (Å²) in [6, 6.07) is 0. The molecule has 3 heteroatoms. The molecule has 0 saturated carbocycles. The third kappa shape index (κ3) is 6.75. The molecule has 0 unspecified atom stereocenters. The minimum Gasteiger partial charge on any atom is -0.465 e. The minimum atomic E-state index is -0.995. The second-order valence-electron chi connectivity index (χ2n) is 1.64. The van der Waals surface area contributed by atoms with Gasteiger partial charge in [-0.3, -0.25) is 0 Å². The van der Waals surface area contributed by atoms with E-state index in [9.17, 15) is 4.79 Å². The zero-order valence-corrected chi connectivity index (χ0v) is 5.87. The number of hydrogen-bond donors (Lipinski definition) is 2. The first-order chi connectivity index (χ1) is 4.77. The first kappa shape index (κ1) is 8.75. The average Bonchev–Trinajstić information content (AvgIpc) is 1.87. The lowest BCUT2D eigenvalue weighted by atomic mass is 10.4. The highest BCUT2D eigenvalue weighted by atomic mass is 16.4. The Hall–Kier alpha value is -1.25. The Morgan fingerprint density at radius 3 is 2.80 bits per heavy atom. The molecule has 3 nitrogen and oxygen atoms in total. The molecule has 0 heterocycles. The van der Waals surface area contributed by atoms with Gasteiger partial charge in [0.1, 0.15) is 0 Å². The number of hydrogen-bond acceptors (Lipinski definition) is 1. The number of amides is 1. The van der Waals surface area contributed by atoms with Crippen molar-refractivity contribution in [3.05, 3.63) is 24.3 Å². The molecule has 0 fully saturated rings. The minimum absolute atomic E-state index is 0.361. The second-order valence-corrected chi connectivity index (χ2v) is 1.64. The Bertz CT molecular complexity index is 150. The predicted octanol–water partition coefficient (Wildman–Crippen LogP) is 1.39. The van der Waals surface area contributed by atoms with E-state index in [0.29, 0.717) is 6.54 Å². The standard InChI is InChI=1S/C7H11NO2/c1-2-3-4-5-6-8-7(9)10/h2-5,8H,6H2,1H3,(H,9,10). The molecular weight excluding hydrogens is 130 g/mol. The topological polar surface area (TPSA) is 49.3 Å². The number of rotatable bonds is 3. The van der Waals surface area contributed by atoms with Crippen molar-refractivity contribution in [1.29, 1.82) is 0 Å². The van der Waals surface area contributed by atoms with Crippen LogP contribution in [-0.4, -0.2) is 17.7 Å². The van der Waals surface area contributed by atoms with E-state index in [2.05, 4.69) is 5.32 Å². The van der Waals surface area contributed by atoms with Crippen LogP contribution in [0.3, 0.4) is 0 Å². The van der Waals surface area contributed by atoms with Crippen molar-refractivity contribution in [3.63, 3.8) is 0 Å². The average molecular weight is 141 g/mol. The zero-order chi connectivity index (χ0) is 7.82. The highest BCUT2D eigenvalue weighted by Crippen LogP contribution is 1.74. The number of carbonyl (C=O) groups is 1. The molecule has 10 heavy (non-hydrogen) atoms. The molecule has 1 amide bonds. The first-order valence-corrected chi connectivity index (χ1v) is 3.02. The van der Waals surface area contributed by atoms with Crippen LogP contribution in [0.2, 0.25) is 0 Å². The van der Waals surface area contributed by atoms with Crippen LogP contribution in [0, 0.1) is 0 Å². The van der Waals surface area contributed by atoms with E-state index in [1.54, 1.807) is 12.2 Å². The predicted molar refractivity (Wildman–Crippen MR) is 40.0 cm³/mol. The van der Waals surface area contributed by atoms with Crippen LogP contribution in [0.25, 0.3) is 0 Å². The van der Waals surface area contributed by atoms with Gasteiger partial charge in [0.2, 0.25) is 0 Å². The Morgan fingerprint density at radius 1 is 1.60 bits per heavy atom. The quantitative estimate of drug-likeness (QED) is 0.583. The summed E-state index contributed by atoms with van der Waals surface area (Å²) in [5.41, 5.74) is 0. The molecule has 0 aromatic carbocycles. The molecule has 56 valence electrons. The van der Waals surface area contributed by atoms with Gasteiger partial charge >= 0.3 is 6.09 Å². The van der Waals surface area contributed by atoms with Crippen molar-refractivity contribution in [1.82, 2.24) is 5.32 Å². The van der Waals surface area contributed by atoms with Gasteiger partial charge in [0, 0.05) is 6.54 Å². The molecule has 0 atom stereocenters. The maximum absolute atomic E-state index is 9.87. The molecule has 0 saturated heterocycles. The van der Waals surface area contributed by atoms with Crippen molar-refractivity contribution < 1.29 is 9.90 Å². The molecule has 0 spiro atoms. The molecule has 0 aliphatic rings. The van der Waals surface area contributed by atoms with Crippen molar-refractivity contribution >= 4 is 6.09 Å². The lowest BCUT2D eigenvalue weighted by Gasteiger charge is -1.90. The Kier molecular flexibility index (Phi) is 5.14. The van der Waals surface area contributed by atoms with Gasteiger partial charge < -0.3 is 10.4 Å². The maximum atomic E-state index is 9.87. The van der Waals surface area contributed by atoms with Gasteiger partial charge in [-0.05, 0) is 6.92 Å². The lowest BCUT2D eigenvalue weighted by molar-refractivity contribution is 0.195. The fraction of sp³-hybridized carbons (Fsp3) is 0.286. The fourth-order valence-corrected chi connectivity index (χ4v) is 0.404. The molecule has 0 aliphatic carbocycles. The van der Waals surface area contributed by atoms with E-state index in [-0.39, 0.29) is 0 Å². The molecule has 0 rings (SSSR count). The van der Waals surface area contributed by atoms with Gasteiger partial charge in [0.05, 0.1) is 0 Å². The Balaban J connectivity index is 3.27. The van der Waals surface area contributed by atoms with Crippen LogP contribution in [0.15, 0.2) is 24.3 Å².